The van der Waals surface area contributed by atoms with Gasteiger partial charge in [0.25, 0.3) is 5.91 Å². The number of aliphatic hydroxyl groups is 1. The van der Waals surface area contributed by atoms with Crippen molar-refractivity contribution in [3.05, 3.63) is 59.9 Å². The first kappa shape index (κ1) is 19.7. The number of aliphatic hydroxyl groups excluding tert-OH is 1. The molecule has 138 valence electrons. The van der Waals surface area contributed by atoms with Crippen molar-refractivity contribution in [1.82, 2.24) is 10.3 Å². The molecule has 1 aromatic carbocycles. The maximum Gasteiger partial charge on any atom is 0.264 e. The molecule has 1 amide bonds. The van der Waals surface area contributed by atoms with Crippen molar-refractivity contribution < 1.29 is 14.6 Å². The van der Waals surface area contributed by atoms with Crippen molar-refractivity contribution in [1.29, 1.82) is 0 Å². The summed E-state index contributed by atoms with van der Waals surface area (Å²) in [6.07, 6.45) is 7.51. The lowest BCUT2D eigenvalue weighted by Crippen LogP contribution is -2.55. The van der Waals surface area contributed by atoms with Crippen LogP contribution in [0.4, 0.5) is 0 Å². The van der Waals surface area contributed by atoms with Gasteiger partial charge in [-0.05, 0) is 63.1 Å². The van der Waals surface area contributed by atoms with E-state index < -0.39 is 11.1 Å². The average molecular weight is 354 g/mol. The SMILES string of the molecule is CC(C)(CO)NC(=O)C(C)(C)Oc1ccc(/C=C/c2ccncc2)cc1. The monoisotopic (exact) mass is 354 g/mol. The predicted molar refractivity (Wildman–Crippen MR) is 104 cm³/mol. The highest BCUT2D eigenvalue weighted by Gasteiger charge is 2.33. The van der Waals surface area contributed by atoms with Gasteiger partial charge < -0.3 is 15.2 Å². The number of amides is 1. The number of ether oxygens (including phenoxy) is 1. The first-order valence-corrected chi connectivity index (χ1v) is 8.52. The van der Waals surface area contributed by atoms with E-state index in [0.29, 0.717) is 5.75 Å². The lowest BCUT2D eigenvalue weighted by molar-refractivity contribution is -0.136. The topological polar surface area (TPSA) is 71.5 Å². The number of carbonyl (C=O) groups excluding carboxylic acids is 1. The number of carbonyl (C=O) groups is 1. The largest absolute Gasteiger partial charge is 0.478 e. The van der Waals surface area contributed by atoms with E-state index >= 15 is 0 Å². The van der Waals surface area contributed by atoms with Gasteiger partial charge >= 0.3 is 0 Å². The van der Waals surface area contributed by atoms with E-state index in [2.05, 4.69) is 10.3 Å². The van der Waals surface area contributed by atoms with Crippen LogP contribution in [0.2, 0.25) is 0 Å². The van der Waals surface area contributed by atoms with Crippen LogP contribution in [-0.4, -0.2) is 33.7 Å². The van der Waals surface area contributed by atoms with Crippen LogP contribution in [0.1, 0.15) is 38.8 Å². The van der Waals surface area contributed by atoms with Crippen LogP contribution in [0.15, 0.2) is 48.8 Å². The first-order chi connectivity index (χ1) is 12.2. The Balaban J connectivity index is 2.01. The fourth-order valence-electron chi connectivity index (χ4n) is 2.15. The van der Waals surface area contributed by atoms with Crippen LogP contribution in [0.25, 0.3) is 12.2 Å². The highest BCUT2D eigenvalue weighted by Crippen LogP contribution is 2.21. The van der Waals surface area contributed by atoms with E-state index in [1.54, 1.807) is 40.1 Å². The Bertz CT molecular complexity index is 751. The van der Waals surface area contributed by atoms with Gasteiger partial charge in [0.05, 0.1) is 12.1 Å². The molecule has 5 nitrogen and oxygen atoms in total. The van der Waals surface area contributed by atoms with Crippen LogP contribution in [-0.2, 0) is 4.79 Å². The molecular weight excluding hydrogens is 328 g/mol. The minimum absolute atomic E-state index is 0.146. The number of benzene rings is 1. The van der Waals surface area contributed by atoms with E-state index in [4.69, 9.17) is 4.74 Å². The third-order valence-electron chi connectivity index (χ3n) is 3.82. The van der Waals surface area contributed by atoms with Gasteiger partial charge in [0, 0.05) is 12.4 Å². The fraction of sp³-hybridized carbons (Fsp3) is 0.333. The van der Waals surface area contributed by atoms with Gasteiger partial charge in [-0.15, -0.1) is 0 Å². The fourth-order valence-corrected chi connectivity index (χ4v) is 2.15. The maximum atomic E-state index is 12.4. The molecule has 0 saturated heterocycles. The lowest BCUT2D eigenvalue weighted by atomic mass is 10.0. The number of nitrogens with one attached hydrogen (secondary N) is 1. The number of rotatable bonds is 7. The van der Waals surface area contributed by atoms with Crippen molar-refractivity contribution in [2.24, 2.45) is 0 Å². The molecule has 0 unspecified atom stereocenters. The van der Waals surface area contributed by atoms with Gasteiger partial charge in [-0.1, -0.05) is 24.3 Å². The van der Waals surface area contributed by atoms with E-state index in [0.717, 1.165) is 11.1 Å². The Morgan fingerprint density at radius 2 is 1.58 bits per heavy atom. The molecule has 0 fully saturated rings. The van der Waals surface area contributed by atoms with E-state index in [-0.39, 0.29) is 12.5 Å². The molecule has 26 heavy (non-hydrogen) atoms. The zero-order chi connectivity index (χ0) is 19.2. The molecule has 0 aliphatic carbocycles. The van der Waals surface area contributed by atoms with Crippen molar-refractivity contribution in [2.45, 2.75) is 38.8 Å². The molecule has 0 spiro atoms. The zero-order valence-corrected chi connectivity index (χ0v) is 15.7. The number of hydrogen-bond acceptors (Lipinski definition) is 4. The minimum atomic E-state index is -1.05. The molecule has 1 heterocycles. The van der Waals surface area contributed by atoms with Crippen molar-refractivity contribution in [3.63, 3.8) is 0 Å². The highest BCUT2D eigenvalue weighted by molar-refractivity contribution is 5.85. The minimum Gasteiger partial charge on any atom is -0.478 e. The Labute approximate surface area is 154 Å². The second kappa shape index (κ2) is 8.15. The Kier molecular flexibility index (Phi) is 6.16. The quantitative estimate of drug-likeness (QED) is 0.800. The third-order valence-corrected chi connectivity index (χ3v) is 3.82. The molecule has 0 saturated carbocycles. The summed E-state index contributed by atoms with van der Waals surface area (Å²) in [5, 5.41) is 12.1. The number of hydrogen-bond donors (Lipinski definition) is 2. The average Bonchev–Trinajstić information content (AvgIpc) is 2.61. The third kappa shape index (κ3) is 5.70. The summed E-state index contributed by atoms with van der Waals surface area (Å²) in [6.45, 7) is 6.77. The van der Waals surface area contributed by atoms with Gasteiger partial charge in [-0.25, -0.2) is 0 Å². The standard InChI is InChI=1S/C21H26N2O3/c1-20(2,15-24)23-19(25)21(3,4)26-18-9-7-16(8-10-18)5-6-17-11-13-22-14-12-17/h5-14,24H,15H2,1-4H3,(H,23,25)/b6-5+. The number of nitrogens with zero attached hydrogens (tertiary/aromatic N) is 1. The number of pyridine rings is 1. The van der Waals surface area contributed by atoms with Crippen LogP contribution < -0.4 is 10.1 Å². The molecule has 0 aliphatic heterocycles. The second-order valence-corrected chi connectivity index (χ2v) is 7.29. The van der Waals surface area contributed by atoms with Crippen LogP contribution in [0.3, 0.4) is 0 Å². The molecule has 2 N–H and O–H groups in total. The Morgan fingerprint density at radius 3 is 2.12 bits per heavy atom. The zero-order valence-electron chi connectivity index (χ0n) is 15.7. The molecule has 5 heteroatoms. The lowest BCUT2D eigenvalue weighted by Gasteiger charge is -2.31. The van der Waals surface area contributed by atoms with Gasteiger partial charge in [-0.3, -0.25) is 9.78 Å². The molecule has 0 bridgehead atoms. The van der Waals surface area contributed by atoms with Crippen molar-refractivity contribution >= 4 is 18.1 Å². The molecule has 0 radical (unpaired) electrons. The summed E-state index contributed by atoms with van der Waals surface area (Å²) < 4.78 is 5.85. The van der Waals surface area contributed by atoms with Crippen LogP contribution in [0, 0.1) is 0 Å². The summed E-state index contributed by atoms with van der Waals surface area (Å²) in [6, 6.07) is 11.4. The van der Waals surface area contributed by atoms with Crippen molar-refractivity contribution in [2.75, 3.05) is 6.61 Å². The maximum absolute atomic E-state index is 12.4. The molecule has 0 atom stereocenters. The second-order valence-electron chi connectivity index (χ2n) is 7.29. The molecular formula is C21H26N2O3. The summed E-state index contributed by atoms with van der Waals surface area (Å²) >= 11 is 0. The molecule has 0 aliphatic rings. The first-order valence-electron chi connectivity index (χ1n) is 8.52. The Morgan fingerprint density at radius 1 is 1.04 bits per heavy atom. The van der Waals surface area contributed by atoms with E-state index in [9.17, 15) is 9.90 Å². The van der Waals surface area contributed by atoms with Gasteiger partial charge in [0.2, 0.25) is 0 Å². The molecule has 1 aromatic heterocycles. The predicted octanol–water partition coefficient (Wildman–Crippen LogP) is 3.30. The summed E-state index contributed by atoms with van der Waals surface area (Å²) in [7, 11) is 0. The van der Waals surface area contributed by atoms with Gasteiger partial charge in [0.1, 0.15) is 5.75 Å². The number of aromatic nitrogens is 1. The summed E-state index contributed by atoms with van der Waals surface area (Å²) in [5.74, 6) is 0.325. The smallest absolute Gasteiger partial charge is 0.264 e. The van der Waals surface area contributed by atoms with E-state index in [1.165, 1.54) is 0 Å². The van der Waals surface area contributed by atoms with Gasteiger partial charge in [-0.2, -0.15) is 0 Å². The van der Waals surface area contributed by atoms with Crippen LogP contribution in [0.5, 0.6) is 5.75 Å². The summed E-state index contributed by atoms with van der Waals surface area (Å²) in [4.78, 5) is 16.4. The van der Waals surface area contributed by atoms with E-state index in [1.807, 2.05) is 48.6 Å². The normalized spacial score (nSPS) is 12.2. The van der Waals surface area contributed by atoms with Crippen molar-refractivity contribution in [3.8, 4) is 5.75 Å². The Hall–Kier alpha value is -2.66. The summed E-state index contributed by atoms with van der Waals surface area (Å²) in [5.41, 5.74) is 0.350. The van der Waals surface area contributed by atoms with Gasteiger partial charge in [0.15, 0.2) is 5.60 Å². The molecule has 2 rings (SSSR count). The molecule has 2 aromatic rings. The van der Waals surface area contributed by atoms with Crippen LogP contribution >= 0.6 is 0 Å². The highest BCUT2D eigenvalue weighted by atomic mass is 16.5.